The molecule has 0 spiro atoms. The van der Waals surface area contributed by atoms with E-state index >= 15 is 39.4 Å². The van der Waals surface area contributed by atoms with Gasteiger partial charge in [-0.1, -0.05) is 50.0 Å². The molecule has 0 N–H and O–H groups in total. The first kappa shape index (κ1) is 33.5. The Balaban J connectivity index is 1.94. The van der Waals surface area contributed by atoms with Gasteiger partial charge in [0.1, 0.15) is 34.9 Å². The molecule has 2 aliphatic carbocycles. The molecule has 17 heteroatoms. The molecule has 0 aliphatic heterocycles. The predicted molar refractivity (Wildman–Crippen MR) is 136 cm³/mol. The summed E-state index contributed by atoms with van der Waals surface area (Å²) in [5.41, 5.74) is -10.2. The highest BCUT2D eigenvalue weighted by Gasteiger charge is 2.50. The van der Waals surface area contributed by atoms with Crippen molar-refractivity contribution in [1.82, 2.24) is 0 Å². The van der Waals surface area contributed by atoms with Crippen LogP contribution in [0.15, 0.2) is 0 Å². The summed E-state index contributed by atoms with van der Waals surface area (Å²) >= 11 is 0. The first-order valence-electron chi connectivity index (χ1n) is 13.6. The lowest BCUT2D eigenvalue weighted by Gasteiger charge is -2.38. The van der Waals surface area contributed by atoms with Crippen LogP contribution in [0.3, 0.4) is 0 Å². The van der Waals surface area contributed by atoms with Gasteiger partial charge in [-0.3, -0.25) is 0 Å². The highest BCUT2D eigenvalue weighted by molar-refractivity contribution is 7.67. The summed E-state index contributed by atoms with van der Waals surface area (Å²) in [6, 6.07) is 0. The van der Waals surface area contributed by atoms with Gasteiger partial charge in [-0.25, -0.2) is 61.5 Å². The maximum Gasteiger partial charge on any atom is 0.251 e. The van der Waals surface area contributed by atoms with E-state index in [9.17, 15) is 26.3 Å². The van der Waals surface area contributed by atoms with Crippen LogP contribution in [0, 0.1) is 81.4 Å². The number of rotatable bonds is 6. The van der Waals surface area contributed by atoms with Gasteiger partial charge in [-0.05, 0) is 37.0 Å². The SMILES string of the molecule is Fc1c(F)c(F)c([B-](F)(c2c(F)c(F)c(F)c(F)c2F)c2c(F)c(F)c(P(C3CCCC3)C3CCCC3)c(F)c2F)c(F)c1F. The van der Waals surface area contributed by atoms with Crippen molar-refractivity contribution in [3.8, 4) is 0 Å². The largest absolute Gasteiger partial charge is 0.498 e. The average molecular weight is 681 g/mol. The van der Waals surface area contributed by atoms with Crippen LogP contribution in [-0.2, 0) is 0 Å². The van der Waals surface area contributed by atoms with Gasteiger partial charge in [-0.2, -0.15) is 0 Å². The fourth-order valence-electron chi connectivity index (χ4n) is 6.62. The van der Waals surface area contributed by atoms with Crippen molar-refractivity contribution in [3.63, 3.8) is 0 Å². The minimum atomic E-state index is -6.79. The van der Waals surface area contributed by atoms with Gasteiger partial charge in [0, 0.05) is 0 Å². The number of benzene rings is 3. The minimum absolute atomic E-state index is 0.373. The molecule has 2 aliphatic rings. The van der Waals surface area contributed by atoms with Gasteiger partial charge in [0.2, 0.25) is 0 Å². The van der Waals surface area contributed by atoms with E-state index in [-0.39, 0.29) is 0 Å². The third kappa shape index (κ3) is 4.91. The van der Waals surface area contributed by atoms with Crippen molar-refractivity contribution in [2.45, 2.75) is 62.7 Å². The van der Waals surface area contributed by atoms with E-state index in [0.717, 1.165) is 0 Å². The molecule has 0 aromatic heterocycles. The Labute approximate surface area is 246 Å². The van der Waals surface area contributed by atoms with Crippen LogP contribution < -0.4 is 21.7 Å². The fourth-order valence-corrected chi connectivity index (χ4v) is 10.4. The highest BCUT2D eigenvalue weighted by Crippen LogP contribution is 2.57. The first-order chi connectivity index (χ1) is 21.1. The molecule has 0 bridgehead atoms. The molecule has 0 amide bonds. The highest BCUT2D eigenvalue weighted by atomic mass is 31.1. The van der Waals surface area contributed by atoms with Gasteiger partial charge in [0.25, 0.3) is 6.42 Å². The normalized spacial score (nSPS) is 16.5. The van der Waals surface area contributed by atoms with Crippen LogP contribution in [0.5, 0.6) is 0 Å². The minimum Gasteiger partial charge on any atom is -0.498 e. The maximum absolute atomic E-state index is 17.2. The Morgan fingerprint density at radius 2 is 0.578 bits per heavy atom. The lowest BCUT2D eigenvalue weighted by Crippen LogP contribution is -2.70. The molecule has 0 unspecified atom stereocenters. The zero-order chi connectivity index (χ0) is 33.3. The standard InChI is InChI=1S/C28H18BF15P/c30-14-11(15(31)21(37)24(40)20(14)36)29(44,12-16(32)22(38)25(41)23(39)17(12)33)13-18(34)26(42)28(27(43)19(13)35)45(9-5-1-2-6-9)10-7-3-4-8-10/h9-10H,1-8H2/q-1. The topological polar surface area (TPSA) is 0 Å². The fraction of sp³-hybridized carbons (Fsp3) is 0.357. The van der Waals surface area contributed by atoms with E-state index in [1.807, 2.05) is 0 Å². The summed E-state index contributed by atoms with van der Waals surface area (Å²) in [7, 11) is -2.12. The van der Waals surface area contributed by atoms with Crippen LogP contribution >= 0.6 is 7.92 Å². The summed E-state index contributed by atoms with van der Waals surface area (Å²) in [5, 5.41) is -1.23. The van der Waals surface area contributed by atoms with Crippen LogP contribution in [0.2, 0.25) is 0 Å². The quantitative estimate of drug-likeness (QED) is 0.0829. The lowest BCUT2D eigenvalue weighted by molar-refractivity contribution is 0.380. The van der Waals surface area contributed by atoms with Gasteiger partial charge < -0.3 is 4.32 Å². The Morgan fingerprint density at radius 1 is 0.356 bits per heavy atom. The summed E-state index contributed by atoms with van der Waals surface area (Å²) < 4.78 is 226. The molecule has 2 fully saturated rings. The third-order valence-corrected chi connectivity index (χ3v) is 12.2. The van der Waals surface area contributed by atoms with Gasteiger partial charge in [0.15, 0.2) is 46.5 Å². The van der Waals surface area contributed by atoms with Crippen LogP contribution in [-0.4, -0.2) is 17.7 Å². The molecule has 3 aromatic rings. The van der Waals surface area contributed by atoms with Crippen molar-refractivity contribution in [2.24, 2.45) is 0 Å². The molecule has 244 valence electrons. The number of hydrogen-bond donors (Lipinski definition) is 0. The second-order valence-electron chi connectivity index (χ2n) is 11.0. The van der Waals surface area contributed by atoms with Crippen LogP contribution in [0.1, 0.15) is 51.4 Å². The molecule has 5 rings (SSSR count). The lowest BCUT2D eigenvalue weighted by atomic mass is 9.30. The van der Waals surface area contributed by atoms with E-state index in [1.54, 1.807) is 0 Å². The molecule has 0 nitrogen and oxygen atoms in total. The molecule has 3 aromatic carbocycles. The Hall–Kier alpha value is -2.90. The molecular weight excluding hydrogens is 663 g/mol. The Kier molecular flexibility index (Phi) is 8.95. The maximum atomic E-state index is 17.2. The Bertz CT molecular complexity index is 1530. The summed E-state index contributed by atoms with van der Waals surface area (Å²) in [6.45, 7) is 0. The molecule has 0 heterocycles. The molecule has 0 saturated heterocycles. The van der Waals surface area contributed by atoms with Crippen molar-refractivity contribution < 1.29 is 65.8 Å². The van der Waals surface area contributed by atoms with Gasteiger partial charge >= 0.3 is 0 Å². The van der Waals surface area contributed by atoms with Crippen molar-refractivity contribution in [3.05, 3.63) is 81.4 Å². The van der Waals surface area contributed by atoms with Crippen LogP contribution in [0.25, 0.3) is 0 Å². The second-order valence-corrected chi connectivity index (χ2v) is 13.8. The molecular formula is C28H18BF15P-. The van der Waals surface area contributed by atoms with Gasteiger partial charge in [-0.15, -0.1) is 0 Å². The van der Waals surface area contributed by atoms with Crippen LogP contribution in [0.4, 0.5) is 65.8 Å². The van der Waals surface area contributed by atoms with E-state index < -0.39 is 129 Å². The number of halogens is 15. The zero-order valence-electron chi connectivity index (χ0n) is 22.5. The zero-order valence-corrected chi connectivity index (χ0v) is 23.4. The molecule has 45 heavy (non-hydrogen) atoms. The third-order valence-electron chi connectivity index (χ3n) is 8.65. The molecule has 0 atom stereocenters. The van der Waals surface area contributed by atoms with Crippen molar-refractivity contribution in [2.75, 3.05) is 0 Å². The summed E-state index contributed by atoms with van der Waals surface area (Å²) in [4.78, 5) is 0. The van der Waals surface area contributed by atoms with Gasteiger partial charge in [0.05, 0.1) is 5.30 Å². The molecule has 2 saturated carbocycles. The van der Waals surface area contributed by atoms with E-state index in [0.29, 0.717) is 51.4 Å². The molecule has 0 radical (unpaired) electrons. The van der Waals surface area contributed by atoms with E-state index in [1.165, 1.54) is 0 Å². The summed E-state index contributed by atoms with van der Waals surface area (Å²) in [6.07, 6.45) is -2.97. The second kappa shape index (κ2) is 12.0. The smallest absolute Gasteiger partial charge is 0.251 e. The monoisotopic (exact) mass is 681 g/mol. The van der Waals surface area contributed by atoms with E-state index in [4.69, 9.17) is 0 Å². The summed E-state index contributed by atoms with van der Waals surface area (Å²) in [5.74, 6) is -42.4. The van der Waals surface area contributed by atoms with E-state index in [2.05, 4.69) is 0 Å². The Morgan fingerprint density at radius 3 is 0.844 bits per heavy atom. The first-order valence-corrected chi connectivity index (χ1v) is 15.1. The van der Waals surface area contributed by atoms with Crippen molar-refractivity contribution >= 4 is 36.0 Å². The predicted octanol–water partition coefficient (Wildman–Crippen LogP) is 7.56. The number of hydrogen-bond acceptors (Lipinski definition) is 0. The van der Waals surface area contributed by atoms with Crippen molar-refractivity contribution in [1.29, 1.82) is 0 Å². The average Bonchev–Trinajstić information content (AvgIpc) is 3.74.